The summed E-state index contributed by atoms with van der Waals surface area (Å²) in [5, 5.41) is 21.4. The third-order valence-electron chi connectivity index (χ3n) is 6.80. The number of amides is 1. The summed E-state index contributed by atoms with van der Waals surface area (Å²) in [5.74, 6) is -0.768. The van der Waals surface area contributed by atoms with Crippen molar-refractivity contribution in [2.24, 2.45) is 4.99 Å². The second-order valence-electron chi connectivity index (χ2n) is 9.10. The van der Waals surface area contributed by atoms with Crippen LogP contribution < -0.4 is 0 Å². The highest BCUT2D eigenvalue weighted by Gasteiger charge is 2.70. The van der Waals surface area contributed by atoms with Crippen molar-refractivity contribution in [3.8, 4) is 0 Å². The number of rotatable bonds is 9. The largest absolute Gasteiger partial charge is 0.459 e. The Morgan fingerprint density at radius 1 is 1.05 bits per heavy atom. The molecule has 1 unspecified atom stereocenters. The van der Waals surface area contributed by atoms with Crippen LogP contribution in [0.3, 0.4) is 0 Å². The Kier molecular flexibility index (Phi) is 7.34. The van der Waals surface area contributed by atoms with Gasteiger partial charge < -0.3 is 9.64 Å². The van der Waals surface area contributed by atoms with Crippen LogP contribution in [0.5, 0.6) is 0 Å². The standard InChI is InChI=1S/C27H22N4O7S2/c1-39-27(28-15-18-7-11-21(12-8-18)30(34)35)23(32)29-17-26(40-24(27)29,20-5-3-2-4-6-20)25(33)38-16-19-9-13-22(14-10-19)31(36)37/h2-15,24H,16-17H2,1H3/t24-,26+,27?/m1/s1. The minimum Gasteiger partial charge on any atom is -0.459 e. The first-order chi connectivity index (χ1) is 19.2. The van der Waals surface area contributed by atoms with Crippen molar-refractivity contribution in [2.45, 2.75) is 21.6 Å². The summed E-state index contributed by atoms with van der Waals surface area (Å²) < 4.78 is 4.52. The topological polar surface area (TPSA) is 145 Å². The molecule has 0 aliphatic carbocycles. The fourth-order valence-corrected chi connectivity index (χ4v) is 7.47. The fourth-order valence-electron chi connectivity index (χ4n) is 4.62. The van der Waals surface area contributed by atoms with Crippen molar-refractivity contribution in [1.82, 2.24) is 4.90 Å². The number of β-lactam (4-membered cyclic amide) rings is 1. The highest BCUT2D eigenvalue weighted by molar-refractivity contribution is 8.05. The molecular formula is C27H22N4O7S2. The maximum absolute atomic E-state index is 13.7. The smallest absolute Gasteiger partial charge is 0.329 e. The fraction of sp³-hybridized carbons (Fsp3) is 0.222. The minimum atomic E-state index is -1.21. The first-order valence-corrected chi connectivity index (χ1v) is 14.1. The summed E-state index contributed by atoms with van der Waals surface area (Å²) in [6, 6.07) is 20.7. The summed E-state index contributed by atoms with van der Waals surface area (Å²) in [5.41, 5.74) is 1.77. The molecule has 204 valence electrons. The van der Waals surface area contributed by atoms with E-state index < -0.39 is 30.8 Å². The lowest BCUT2D eigenvalue weighted by Gasteiger charge is -2.48. The van der Waals surface area contributed by atoms with E-state index in [1.807, 2.05) is 30.3 Å². The number of esters is 1. The van der Waals surface area contributed by atoms with E-state index in [0.29, 0.717) is 16.7 Å². The summed E-state index contributed by atoms with van der Waals surface area (Å²) in [4.78, 5) is 53.1. The summed E-state index contributed by atoms with van der Waals surface area (Å²) in [6.07, 6.45) is 3.30. The van der Waals surface area contributed by atoms with Gasteiger partial charge in [-0.15, -0.1) is 23.5 Å². The monoisotopic (exact) mass is 578 g/mol. The highest BCUT2D eigenvalue weighted by atomic mass is 32.2. The molecule has 0 spiro atoms. The molecule has 0 radical (unpaired) electrons. The van der Waals surface area contributed by atoms with Gasteiger partial charge >= 0.3 is 5.97 Å². The van der Waals surface area contributed by atoms with Crippen LogP contribution in [0.1, 0.15) is 16.7 Å². The van der Waals surface area contributed by atoms with Gasteiger partial charge in [-0.3, -0.25) is 34.8 Å². The van der Waals surface area contributed by atoms with Crippen LogP contribution in [0.2, 0.25) is 0 Å². The number of nitro groups is 2. The van der Waals surface area contributed by atoms with Crippen LogP contribution in [0.15, 0.2) is 83.9 Å². The van der Waals surface area contributed by atoms with E-state index in [0.717, 1.165) is 0 Å². The molecule has 5 rings (SSSR count). The molecule has 0 aromatic heterocycles. The molecule has 2 fully saturated rings. The van der Waals surface area contributed by atoms with Gasteiger partial charge in [0.05, 0.1) is 16.4 Å². The van der Waals surface area contributed by atoms with Crippen LogP contribution in [-0.2, 0) is 25.7 Å². The van der Waals surface area contributed by atoms with Gasteiger partial charge in [-0.1, -0.05) is 30.3 Å². The molecular weight excluding hydrogens is 556 g/mol. The normalized spacial score (nSPS) is 23.5. The first-order valence-electron chi connectivity index (χ1n) is 12.0. The van der Waals surface area contributed by atoms with E-state index in [-0.39, 0.29) is 30.4 Å². The number of benzene rings is 3. The van der Waals surface area contributed by atoms with Crippen LogP contribution in [0.25, 0.3) is 0 Å². The summed E-state index contributed by atoms with van der Waals surface area (Å²) in [6.45, 7) is 0.0101. The van der Waals surface area contributed by atoms with E-state index in [9.17, 15) is 29.8 Å². The maximum Gasteiger partial charge on any atom is 0.329 e. The molecule has 11 nitrogen and oxygen atoms in total. The van der Waals surface area contributed by atoms with Crippen molar-refractivity contribution in [3.05, 3.63) is 116 Å². The lowest BCUT2D eigenvalue weighted by Crippen LogP contribution is -2.67. The molecule has 3 aromatic rings. The Morgan fingerprint density at radius 2 is 1.65 bits per heavy atom. The van der Waals surface area contributed by atoms with E-state index in [4.69, 9.17) is 4.74 Å². The molecule has 2 aliphatic rings. The molecule has 0 bridgehead atoms. The molecule has 40 heavy (non-hydrogen) atoms. The number of ether oxygens (including phenoxy) is 1. The molecule has 2 aliphatic heterocycles. The van der Waals surface area contributed by atoms with Crippen LogP contribution in [0.4, 0.5) is 11.4 Å². The van der Waals surface area contributed by atoms with Gasteiger partial charge in [0.1, 0.15) is 12.0 Å². The molecule has 2 saturated heterocycles. The van der Waals surface area contributed by atoms with Crippen molar-refractivity contribution in [3.63, 3.8) is 0 Å². The Labute approximate surface area is 236 Å². The second kappa shape index (κ2) is 10.7. The van der Waals surface area contributed by atoms with Gasteiger partial charge in [0.2, 0.25) is 4.87 Å². The van der Waals surface area contributed by atoms with Crippen LogP contribution >= 0.6 is 23.5 Å². The van der Waals surface area contributed by atoms with Crippen molar-refractivity contribution in [1.29, 1.82) is 0 Å². The number of carbonyl (C=O) groups is 2. The zero-order valence-corrected chi connectivity index (χ0v) is 22.7. The number of non-ortho nitro benzene ring substituents is 2. The highest BCUT2D eigenvalue weighted by Crippen LogP contribution is 2.60. The molecule has 13 heteroatoms. The van der Waals surface area contributed by atoms with E-state index >= 15 is 0 Å². The first kappa shape index (κ1) is 27.3. The number of fused-ring (bicyclic) bond motifs is 1. The van der Waals surface area contributed by atoms with Gasteiger partial charge in [-0.2, -0.15) is 0 Å². The molecule has 0 saturated carbocycles. The van der Waals surface area contributed by atoms with Crippen LogP contribution in [0, 0.1) is 20.2 Å². The molecule has 0 N–H and O–H groups in total. The maximum atomic E-state index is 13.7. The number of nitro benzene ring substituents is 2. The van der Waals surface area contributed by atoms with Gasteiger partial charge in [0.15, 0.2) is 4.75 Å². The number of hydrogen-bond acceptors (Lipinski definition) is 10. The Hall–Kier alpha value is -4.23. The number of hydrogen-bond donors (Lipinski definition) is 0. The molecule has 3 aromatic carbocycles. The zero-order valence-electron chi connectivity index (χ0n) is 21.0. The lowest BCUT2D eigenvalue weighted by molar-refractivity contribution is -0.385. The average molecular weight is 579 g/mol. The molecule has 2 heterocycles. The quantitative estimate of drug-likeness (QED) is 0.117. The van der Waals surface area contributed by atoms with Crippen molar-refractivity contribution >= 4 is 53.0 Å². The Morgan fingerprint density at radius 3 is 2.23 bits per heavy atom. The zero-order chi connectivity index (χ0) is 28.5. The lowest BCUT2D eigenvalue weighted by atomic mass is 9.95. The SMILES string of the molecule is CSC1(N=Cc2ccc([N+](=O)[O-])cc2)C(=O)N2C[C@@](C(=O)OCc3ccc([N+](=O)[O-])cc3)(c3ccccc3)S[C@@H]21. The number of carbonyl (C=O) groups excluding carboxylic acids is 2. The van der Waals surface area contributed by atoms with Gasteiger partial charge in [0.25, 0.3) is 17.3 Å². The van der Waals surface area contributed by atoms with Gasteiger partial charge in [0, 0.05) is 30.5 Å². The third kappa shape index (κ3) is 4.71. The van der Waals surface area contributed by atoms with Crippen molar-refractivity contribution < 1.29 is 24.2 Å². The van der Waals surface area contributed by atoms with Gasteiger partial charge in [-0.25, -0.2) is 0 Å². The summed E-state index contributed by atoms with van der Waals surface area (Å²) >= 11 is 2.57. The molecule has 3 atom stereocenters. The second-order valence-corrected chi connectivity index (χ2v) is 11.5. The number of aliphatic imine (C=N–C) groups is 1. The van der Waals surface area contributed by atoms with Crippen molar-refractivity contribution in [2.75, 3.05) is 12.8 Å². The van der Waals surface area contributed by atoms with E-state index in [1.165, 1.54) is 66.1 Å². The number of nitrogens with zero attached hydrogens (tertiary/aromatic N) is 4. The predicted molar refractivity (Wildman–Crippen MR) is 151 cm³/mol. The molecule has 1 amide bonds. The minimum absolute atomic E-state index is 0.0474. The number of thioether (sulfide) groups is 2. The Bertz CT molecular complexity index is 1500. The van der Waals surface area contributed by atoms with E-state index in [2.05, 4.69) is 4.99 Å². The third-order valence-corrected chi connectivity index (χ3v) is 9.83. The Balaban J connectivity index is 1.40. The predicted octanol–water partition coefficient (Wildman–Crippen LogP) is 4.54. The van der Waals surface area contributed by atoms with E-state index in [1.54, 1.807) is 23.3 Å². The summed E-state index contributed by atoms with van der Waals surface area (Å²) in [7, 11) is 0. The average Bonchev–Trinajstić information content (AvgIpc) is 3.36. The van der Waals surface area contributed by atoms with Gasteiger partial charge in [-0.05, 0) is 47.2 Å². The van der Waals surface area contributed by atoms with Crippen LogP contribution in [-0.4, -0.2) is 55.9 Å².